The van der Waals surface area contributed by atoms with E-state index in [0.29, 0.717) is 29.7 Å². The van der Waals surface area contributed by atoms with Gasteiger partial charge in [0.05, 0.1) is 5.69 Å². The number of amides is 1. The number of hydrogen-bond donors (Lipinski definition) is 0. The Hall–Kier alpha value is -3.41. The van der Waals surface area contributed by atoms with Crippen molar-refractivity contribution in [2.45, 2.75) is 40.0 Å². The lowest BCUT2D eigenvalue weighted by atomic mass is 9.95. The third-order valence-corrected chi connectivity index (χ3v) is 5.63. The molecule has 166 valence electrons. The van der Waals surface area contributed by atoms with Crippen molar-refractivity contribution >= 4 is 17.4 Å². The number of aromatic nitrogens is 1. The van der Waals surface area contributed by atoms with Crippen LogP contribution in [-0.2, 0) is 11.2 Å². The van der Waals surface area contributed by atoms with Crippen molar-refractivity contribution in [3.05, 3.63) is 82.7 Å². The standard InChI is InChI=1S/C26H26F2N2O2/c1-5-26(32)30(4)23-11-7-19(15-22(23)27)21-10-6-20(14-16(21)2)24(31)12-8-18-9-13-25(28)29-17(18)3/h6-7,9-11,13-15H,5,8,12H2,1-4H3. The first-order valence-electron chi connectivity index (χ1n) is 10.5. The summed E-state index contributed by atoms with van der Waals surface area (Å²) in [6, 6.07) is 13.1. The zero-order chi connectivity index (χ0) is 23.4. The fraction of sp³-hybridized carbons (Fsp3) is 0.269. The van der Waals surface area contributed by atoms with Crippen LogP contribution in [0.15, 0.2) is 48.5 Å². The third kappa shape index (κ3) is 5.07. The summed E-state index contributed by atoms with van der Waals surface area (Å²) in [6.45, 7) is 5.33. The number of carbonyl (C=O) groups excluding carboxylic acids is 2. The number of aryl methyl sites for hydroxylation is 3. The van der Waals surface area contributed by atoms with E-state index in [9.17, 15) is 18.4 Å². The molecule has 0 aliphatic rings. The van der Waals surface area contributed by atoms with Gasteiger partial charge < -0.3 is 4.90 Å². The van der Waals surface area contributed by atoms with Crippen LogP contribution in [0.3, 0.4) is 0 Å². The van der Waals surface area contributed by atoms with Gasteiger partial charge in [0, 0.05) is 31.1 Å². The molecule has 0 saturated heterocycles. The largest absolute Gasteiger partial charge is 0.313 e. The number of benzene rings is 2. The third-order valence-electron chi connectivity index (χ3n) is 5.63. The van der Waals surface area contributed by atoms with E-state index < -0.39 is 11.8 Å². The van der Waals surface area contributed by atoms with Crippen LogP contribution in [-0.4, -0.2) is 23.7 Å². The van der Waals surface area contributed by atoms with Gasteiger partial charge in [-0.3, -0.25) is 9.59 Å². The summed E-state index contributed by atoms with van der Waals surface area (Å²) >= 11 is 0. The van der Waals surface area contributed by atoms with Gasteiger partial charge in [-0.1, -0.05) is 31.2 Å². The van der Waals surface area contributed by atoms with Crippen molar-refractivity contribution in [1.82, 2.24) is 4.98 Å². The van der Waals surface area contributed by atoms with Gasteiger partial charge in [-0.05, 0) is 66.8 Å². The van der Waals surface area contributed by atoms with Crippen molar-refractivity contribution in [2.24, 2.45) is 0 Å². The van der Waals surface area contributed by atoms with Crippen LogP contribution in [0.4, 0.5) is 14.5 Å². The highest BCUT2D eigenvalue weighted by Crippen LogP contribution is 2.29. The van der Waals surface area contributed by atoms with Gasteiger partial charge in [-0.2, -0.15) is 4.39 Å². The molecule has 0 aliphatic heterocycles. The molecule has 0 bridgehead atoms. The Morgan fingerprint density at radius 1 is 1.00 bits per heavy atom. The molecule has 2 aromatic carbocycles. The lowest BCUT2D eigenvalue weighted by Crippen LogP contribution is -2.25. The van der Waals surface area contributed by atoms with Crippen LogP contribution in [0.25, 0.3) is 11.1 Å². The molecule has 4 nitrogen and oxygen atoms in total. The summed E-state index contributed by atoms with van der Waals surface area (Å²) in [5, 5.41) is 0. The summed E-state index contributed by atoms with van der Waals surface area (Å²) in [4.78, 5) is 29.6. The number of carbonyl (C=O) groups is 2. The molecule has 3 rings (SSSR count). The quantitative estimate of drug-likeness (QED) is 0.346. The first-order valence-corrected chi connectivity index (χ1v) is 10.5. The maximum Gasteiger partial charge on any atom is 0.226 e. The molecule has 1 aromatic heterocycles. The normalized spacial score (nSPS) is 10.8. The van der Waals surface area contributed by atoms with Crippen LogP contribution in [0.2, 0.25) is 0 Å². The van der Waals surface area contributed by atoms with Gasteiger partial charge in [-0.15, -0.1) is 0 Å². The van der Waals surface area contributed by atoms with Crippen LogP contribution >= 0.6 is 0 Å². The number of ketones is 1. The van der Waals surface area contributed by atoms with Crippen molar-refractivity contribution in [1.29, 1.82) is 0 Å². The average molecular weight is 437 g/mol. The Balaban J connectivity index is 1.76. The van der Waals surface area contributed by atoms with Gasteiger partial charge in [0.2, 0.25) is 11.9 Å². The Morgan fingerprint density at radius 3 is 2.38 bits per heavy atom. The number of rotatable bonds is 7. The average Bonchev–Trinajstić information content (AvgIpc) is 2.77. The second-order valence-corrected chi connectivity index (χ2v) is 7.80. The Labute approximate surface area is 186 Å². The van der Waals surface area contributed by atoms with Crippen LogP contribution in [0.5, 0.6) is 0 Å². The highest BCUT2D eigenvalue weighted by molar-refractivity contribution is 5.97. The molecule has 6 heteroatoms. The molecule has 3 aromatic rings. The summed E-state index contributed by atoms with van der Waals surface area (Å²) in [7, 11) is 1.55. The predicted octanol–water partition coefficient (Wildman–Crippen LogP) is 5.83. The van der Waals surface area contributed by atoms with E-state index in [-0.39, 0.29) is 23.8 Å². The number of hydrogen-bond acceptors (Lipinski definition) is 3. The second-order valence-electron chi connectivity index (χ2n) is 7.80. The minimum absolute atomic E-state index is 0.0235. The molecule has 0 radical (unpaired) electrons. The molecule has 0 saturated carbocycles. The van der Waals surface area contributed by atoms with Crippen molar-refractivity contribution in [3.8, 4) is 11.1 Å². The Kier molecular flexibility index (Phi) is 7.13. The van der Waals surface area contributed by atoms with Gasteiger partial charge in [-0.25, -0.2) is 9.37 Å². The molecular formula is C26H26F2N2O2. The molecule has 0 N–H and O–H groups in total. The summed E-state index contributed by atoms with van der Waals surface area (Å²) in [5.41, 5.74) is 4.57. The summed E-state index contributed by atoms with van der Waals surface area (Å²) < 4.78 is 27.8. The summed E-state index contributed by atoms with van der Waals surface area (Å²) in [5.74, 6) is -1.20. The Bertz CT molecular complexity index is 1170. The lowest BCUT2D eigenvalue weighted by Gasteiger charge is -2.18. The maximum absolute atomic E-state index is 14.7. The highest BCUT2D eigenvalue weighted by Gasteiger charge is 2.15. The van der Waals surface area contributed by atoms with E-state index >= 15 is 0 Å². The van der Waals surface area contributed by atoms with Gasteiger partial charge in [0.1, 0.15) is 5.82 Å². The SMILES string of the molecule is CCC(=O)N(C)c1ccc(-c2ccc(C(=O)CCc3ccc(F)nc3C)cc2C)cc1F. The lowest BCUT2D eigenvalue weighted by molar-refractivity contribution is -0.118. The van der Waals surface area contributed by atoms with Gasteiger partial charge in [0.15, 0.2) is 5.78 Å². The van der Waals surface area contributed by atoms with Crippen molar-refractivity contribution < 1.29 is 18.4 Å². The zero-order valence-electron chi connectivity index (χ0n) is 18.7. The van der Waals surface area contributed by atoms with Crippen LogP contribution in [0.1, 0.15) is 46.9 Å². The fourth-order valence-electron chi connectivity index (χ4n) is 3.69. The van der Waals surface area contributed by atoms with Crippen LogP contribution < -0.4 is 4.90 Å². The van der Waals surface area contributed by atoms with E-state index in [1.807, 2.05) is 13.0 Å². The monoisotopic (exact) mass is 436 g/mol. The maximum atomic E-state index is 14.7. The van der Waals surface area contributed by atoms with Gasteiger partial charge in [0.25, 0.3) is 0 Å². The van der Waals surface area contributed by atoms with Crippen molar-refractivity contribution in [3.63, 3.8) is 0 Å². The topological polar surface area (TPSA) is 50.3 Å². The molecule has 0 fully saturated rings. The minimum atomic E-state index is -0.531. The molecular weight excluding hydrogens is 410 g/mol. The van der Waals surface area contributed by atoms with Crippen LogP contribution in [0, 0.1) is 25.6 Å². The highest BCUT2D eigenvalue weighted by atomic mass is 19.1. The van der Waals surface area contributed by atoms with E-state index in [2.05, 4.69) is 4.98 Å². The Morgan fingerprint density at radius 2 is 1.75 bits per heavy atom. The molecule has 0 atom stereocenters. The molecule has 0 aliphatic carbocycles. The van der Waals surface area contributed by atoms with E-state index in [4.69, 9.17) is 0 Å². The van der Waals surface area contributed by atoms with Gasteiger partial charge >= 0.3 is 0 Å². The molecule has 0 unspecified atom stereocenters. The molecule has 0 spiro atoms. The molecule has 1 amide bonds. The number of nitrogens with zero attached hydrogens (tertiary/aromatic N) is 2. The number of pyridine rings is 1. The summed E-state index contributed by atoms with van der Waals surface area (Å²) in [6.07, 6.45) is 1.06. The van der Waals surface area contributed by atoms with Crippen molar-refractivity contribution in [2.75, 3.05) is 11.9 Å². The first kappa shape index (κ1) is 23.3. The number of Topliss-reactive ketones (excluding diaryl/α,β-unsaturated/α-hetero) is 1. The minimum Gasteiger partial charge on any atom is -0.313 e. The van der Waals surface area contributed by atoms with E-state index in [1.54, 1.807) is 51.2 Å². The second kappa shape index (κ2) is 9.81. The zero-order valence-corrected chi connectivity index (χ0v) is 18.7. The van der Waals surface area contributed by atoms with E-state index in [1.165, 1.54) is 17.0 Å². The fourth-order valence-corrected chi connectivity index (χ4v) is 3.69. The molecule has 1 heterocycles. The smallest absolute Gasteiger partial charge is 0.226 e. The number of halogens is 2. The predicted molar refractivity (Wildman–Crippen MR) is 122 cm³/mol. The molecule has 32 heavy (non-hydrogen) atoms. The number of anilines is 1. The first-order chi connectivity index (χ1) is 15.2. The van der Waals surface area contributed by atoms with E-state index in [0.717, 1.165) is 16.7 Å².